The van der Waals surface area contributed by atoms with E-state index in [1.807, 2.05) is 23.1 Å². The molecular formula is C25H30N4O4. The normalized spacial score (nSPS) is 19.9. The largest absolute Gasteiger partial charge is 0.507 e. The Kier molecular flexibility index (Phi) is 6.93. The highest BCUT2D eigenvalue weighted by molar-refractivity contribution is 5.95. The van der Waals surface area contributed by atoms with Crippen LogP contribution >= 0.6 is 0 Å². The fourth-order valence-corrected chi connectivity index (χ4v) is 4.38. The number of carbonyl (C=O) groups excluding carboxylic acids is 3. The van der Waals surface area contributed by atoms with Crippen LogP contribution in [0.4, 0.5) is 0 Å². The van der Waals surface area contributed by atoms with Crippen LogP contribution in [0.25, 0.3) is 0 Å². The van der Waals surface area contributed by atoms with Crippen LogP contribution in [0.2, 0.25) is 0 Å². The van der Waals surface area contributed by atoms with Crippen LogP contribution < -0.4 is 11.1 Å². The molecule has 1 aliphatic carbocycles. The summed E-state index contributed by atoms with van der Waals surface area (Å²) in [6.07, 6.45) is 1.81. The van der Waals surface area contributed by atoms with Gasteiger partial charge in [0.25, 0.3) is 5.91 Å². The Morgan fingerprint density at radius 2 is 1.64 bits per heavy atom. The molecule has 1 aliphatic heterocycles. The number of phenols is 1. The summed E-state index contributed by atoms with van der Waals surface area (Å²) in [5.74, 6) is -0.282. The molecule has 2 aromatic rings. The number of nitrogens with one attached hydrogen (secondary N) is 1. The fraction of sp³-hybridized carbons (Fsp3) is 0.400. The number of piperazine rings is 1. The Morgan fingerprint density at radius 1 is 0.970 bits per heavy atom. The van der Waals surface area contributed by atoms with Gasteiger partial charge in [-0.15, -0.1) is 0 Å². The van der Waals surface area contributed by atoms with E-state index in [0.29, 0.717) is 57.5 Å². The molecule has 2 aromatic carbocycles. The lowest BCUT2D eigenvalue weighted by molar-refractivity contribution is -0.139. The highest BCUT2D eigenvalue weighted by Crippen LogP contribution is 2.40. The Hall–Kier alpha value is -3.39. The van der Waals surface area contributed by atoms with Crippen LogP contribution in [-0.2, 0) is 16.0 Å². The van der Waals surface area contributed by atoms with Crippen molar-refractivity contribution in [3.63, 3.8) is 0 Å². The summed E-state index contributed by atoms with van der Waals surface area (Å²) >= 11 is 0. The van der Waals surface area contributed by atoms with E-state index >= 15 is 0 Å². The van der Waals surface area contributed by atoms with E-state index in [0.717, 1.165) is 12.0 Å². The highest BCUT2D eigenvalue weighted by atomic mass is 16.3. The number of benzene rings is 2. The number of primary amides is 1. The third-order valence-corrected chi connectivity index (χ3v) is 6.47. The molecule has 4 rings (SSSR count). The molecule has 8 heteroatoms. The maximum Gasteiger partial charge on any atom is 0.252 e. The minimum Gasteiger partial charge on any atom is -0.507 e. The standard InChI is InChI=1S/C25H30N4O4/c26-25(33)19-8-6-17(14-22(19)30)7-9-23(31)28-10-12-29(13-11-28)24(32)16-27-21-15-20(21)18-4-2-1-3-5-18/h1-6,8,14,20-21,27,30H,7,9-13,15-16H2,(H2,26,33). The van der Waals surface area contributed by atoms with Crippen molar-refractivity contribution in [1.29, 1.82) is 0 Å². The van der Waals surface area contributed by atoms with Crippen molar-refractivity contribution in [1.82, 2.24) is 15.1 Å². The molecule has 1 saturated heterocycles. The molecule has 2 unspecified atom stereocenters. The molecule has 1 saturated carbocycles. The molecule has 0 spiro atoms. The van der Waals surface area contributed by atoms with Crippen LogP contribution in [0.3, 0.4) is 0 Å². The summed E-state index contributed by atoms with van der Waals surface area (Å²) in [6, 6.07) is 15.3. The second-order valence-electron chi connectivity index (χ2n) is 8.72. The van der Waals surface area contributed by atoms with Gasteiger partial charge in [0.15, 0.2) is 0 Å². The van der Waals surface area contributed by atoms with E-state index in [1.54, 1.807) is 11.0 Å². The zero-order chi connectivity index (χ0) is 23.4. The maximum absolute atomic E-state index is 12.6. The van der Waals surface area contributed by atoms with E-state index in [4.69, 9.17) is 5.73 Å². The summed E-state index contributed by atoms with van der Waals surface area (Å²) in [7, 11) is 0. The smallest absolute Gasteiger partial charge is 0.252 e. The molecular weight excluding hydrogens is 420 g/mol. The SMILES string of the molecule is NC(=O)c1ccc(CCC(=O)N2CCN(C(=O)CNC3CC3c3ccccc3)CC2)cc1O. The number of hydrogen-bond donors (Lipinski definition) is 3. The van der Waals surface area contributed by atoms with Gasteiger partial charge in [-0.05, 0) is 36.1 Å². The van der Waals surface area contributed by atoms with E-state index in [1.165, 1.54) is 17.7 Å². The van der Waals surface area contributed by atoms with Gasteiger partial charge in [-0.25, -0.2) is 0 Å². The molecule has 0 radical (unpaired) electrons. The van der Waals surface area contributed by atoms with Gasteiger partial charge in [-0.2, -0.15) is 0 Å². The zero-order valence-corrected chi connectivity index (χ0v) is 18.6. The molecule has 0 bridgehead atoms. The van der Waals surface area contributed by atoms with Gasteiger partial charge < -0.3 is 26.0 Å². The lowest BCUT2D eigenvalue weighted by Crippen LogP contribution is -2.52. The second-order valence-corrected chi connectivity index (χ2v) is 8.72. The van der Waals surface area contributed by atoms with Crippen LogP contribution in [0.15, 0.2) is 48.5 Å². The number of hydrogen-bond acceptors (Lipinski definition) is 5. The number of nitrogens with two attached hydrogens (primary N) is 1. The highest BCUT2D eigenvalue weighted by Gasteiger charge is 2.38. The Labute approximate surface area is 193 Å². The monoisotopic (exact) mass is 450 g/mol. The minimum absolute atomic E-state index is 0.0161. The van der Waals surface area contributed by atoms with Crippen molar-refractivity contribution >= 4 is 17.7 Å². The Morgan fingerprint density at radius 3 is 2.27 bits per heavy atom. The minimum atomic E-state index is -0.689. The molecule has 2 aliphatic rings. The summed E-state index contributed by atoms with van der Waals surface area (Å²) in [6.45, 7) is 2.44. The fourth-order valence-electron chi connectivity index (χ4n) is 4.38. The maximum atomic E-state index is 12.6. The summed E-state index contributed by atoms with van der Waals surface area (Å²) in [5.41, 5.74) is 7.34. The molecule has 33 heavy (non-hydrogen) atoms. The third-order valence-electron chi connectivity index (χ3n) is 6.47. The van der Waals surface area contributed by atoms with E-state index < -0.39 is 5.91 Å². The van der Waals surface area contributed by atoms with Gasteiger partial charge >= 0.3 is 0 Å². The van der Waals surface area contributed by atoms with Crippen molar-refractivity contribution in [3.8, 4) is 5.75 Å². The van der Waals surface area contributed by atoms with E-state index in [-0.39, 0.29) is 23.1 Å². The molecule has 2 atom stereocenters. The quantitative estimate of drug-likeness (QED) is 0.560. The molecule has 2 fully saturated rings. The molecule has 174 valence electrons. The first kappa shape index (κ1) is 22.8. The van der Waals surface area contributed by atoms with Crippen LogP contribution in [-0.4, -0.2) is 71.4 Å². The predicted molar refractivity (Wildman–Crippen MR) is 124 cm³/mol. The summed E-state index contributed by atoms with van der Waals surface area (Å²) < 4.78 is 0. The summed E-state index contributed by atoms with van der Waals surface area (Å²) in [4.78, 5) is 39.9. The number of nitrogens with zero attached hydrogens (tertiary/aromatic N) is 2. The number of aryl methyl sites for hydroxylation is 1. The molecule has 4 N–H and O–H groups in total. The van der Waals surface area contributed by atoms with Gasteiger partial charge in [0.2, 0.25) is 11.8 Å². The van der Waals surface area contributed by atoms with Crippen LogP contribution in [0, 0.1) is 0 Å². The summed E-state index contributed by atoms with van der Waals surface area (Å²) in [5, 5.41) is 13.2. The Balaban J connectivity index is 1.16. The van der Waals surface area contributed by atoms with Gasteiger partial charge in [-0.1, -0.05) is 36.4 Å². The van der Waals surface area contributed by atoms with Crippen LogP contribution in [0.1, 0.15) is 40.2 Å². The van der Waals surface area contributed by atoms with Gasteiger partial charge in [0.05, 0.1) is 12.1 Å². The lowest BCUT2D eigenvalue weighted by atomic mass is 10.1. The lowest BCUT2D eigenvalue weighted by Gasteiger charge is -2.35. The number of carbonyl (C=O) groups is 3. The number of amides is 3. The zero-order valence-electron chi connectivity index (χ0n) is 18.6. The first-order valence-electron chi connectivity index (χ1n) is 11.4. The topological polar surface area (TPSA) is 116 Å². The molecule has 3 amide bonds. The first-order chi connectivity index (χ1) is 15.9. The van der Waals surface area contributed by atoms with Gasteiger partial charge in [-0.3, -0.25) is 14.4 Å². The van der Waals surface area contributed by atoms with Crippen molar-refractivity contribution in [3.05, 3.63) is 65.2 Å². The van der Waals surface area contributed by atoms with Crippen molar-refractivity contribution in [2.24, 2.45) is 5.73 Å². The average Bonchev–Trinajstić information content (AvgIpc) is 3.61. The van der Waals surface area contributed by atoms with Gasteiger partial charge in [0.1, 0.15) is 5.75 Å². The Bertz CT molecular complexity index is 1020. The van der Waals surface area contributed by atoms with Crippen molar-refractivity contribution in [2.75, 3.05) is 32.7 Å². The number of rotatable bonds is 8. The third kappa shape index (κ3) is 5.70. The van der Waals surface area contributed by atoms with Gasteiger partial charge in [0, 0.05) is 44.6 Å². The molecule has 8 nitrogen and oxygen atoms in total. The molecule has 1 heterocycles. The molecule has 0 aromatic heterocycles. The number of aromatic hydroxyl groups is 1. The average molecular weight is 451 g/mol. The van der Waals surface area contributed by atoms with Crippen molar-refractivity contribution in [2.45, 2.75) is 31.2 Å². The van der Waals surface area contributed by atoms with E-state index in [2.05, 4.69) is 17.4 Å². The predicted octanol–water partition coefficient (Wildman–Crippen LogP) is 1.24. The van der Waals surface area contributed by atoms with Crippen molar-refractivity contribution < 1.29 is 19.5 Å². The van der Waals surface area contributed by atoms with Crippen LogP contribution in [0.5, 0.6) is 5.75 Å². The van der Waals surface area contributed by atoms with E-state index in [9.17, 15) is 19.5 Å². The first-order valence-corrected chi connectivity index (χ1v) is 11.4. The second kappa shape index (κ2) is 10.0.